The third-order valence-corrected chi connectivity index (χ3v) is 6.41. The monoisotopic (exact) mass is 439 g/mol. The smallest absolute Gasteiger partial charge is 0.260 e. The molecule has 0 saturated carbocycles. The van der Waals surface area contributed by atoms with E-state index in [1.807, 2.05) is 61.2 Å². The van der Waals surface area contributed by atoms with E-state index in [4.69, 9.17) is 14.5 Å². The number of aromatic nitrogens is 1. The molecule has 2 aromatic carbocycles. The van der Waals surface area contributed by atoms with Crippen molar-refractivity contribution in [3.8, 4) is 5.75 Å². The van der Waals surface area contributed by atoms with Gasteiger partial charge in [0.1, 0.15) is 11.3 Å². The molecule has 3 aromatic rings. The summed E-state index contributed by atoms with van der Waals surface area (Å²) in [7, 11) is 0. The quantitative estimate of drug-likeness (QED) is 0.522. The van der Waals surface area contributed by atoms with Gasteiger partial charge in [0.2, 0.25) is 0 Å². The zero-order valence-corrected chi connectivity index (χ0v) is 19.0. The summed E-state index contributed by atoms with van der Waals surface area (Å²) in [6.45, 7) is 9.57. The molecule has 0 aliphatic carbocycles. The zero-order valence-electron chi connectivity index (χ0n) is 18.2. The minimum Gasteiger partial charge on any atom is -0.492 e. The molecule has 164 valence electrons. The molecule has 0 radical (unpaired) electrons. The van der Waals surface area contributed by atoms with Gasteiger partial charge in [-0.15, -0.1) is 0 Å². The van der Waals surface area contributed by atoms with Gasteiger partial charge >= 0.3 is 0 Å². The van der Waals surface area contributed by atoms with Crippen LogP contribution in [0.25, 0.3) is 10.2 Å². The van der Waals surface area contributed by atoms with Crippen molar-refractivity contribution < 1.29 is 14.3 Å². The molecule has 0 atom stereocenters. The maximum Gasteiger partial charge on any atom is 0.260 e. The maximum atomic E-state index is 13.5. The number of fused-ring (bicyclic) bond motifs is 1. The highest BCUT2D eigenvalue weighted by Gasteiger charge is 2.23. The molecule has 1 aromatic heterocycles. The Bertz CT molecular complexity index is 1030. The van der Waals surface area contributed by atoms with Crippen molar-refractivity contribution in [2.75, 3.05) is 50.9 Å². The van der Waals surface area contributed by atoms with Crippen molar-refractivity contribution in [1.29, 1.82) is 0 Å². The van der Waals surface area contributed by atoms with Crippen LogP contribution in [0.5, 0.6) is 5.75 Å². The molecule has 0 unspecified atom stereocenters. The molecule has 31 heavy (non-hydrogen) atoms. The SMILES string of the molecule is CCOc1cccc2sc(N(CCCN3CCOCC3)C(=O)c3cccc(C)c3)nc12. The van der Waals surface area contributed by atoms with Crippen molar-refractivity contribution in [3.05, 3.63) is 53.6 Å². The Labute approximate surface area is 187 Å². The molecule has 1 amide bonds. The summed E-state index contributed by atoms with van der Waals surface area (Å²) in [5.74, 6) is 0.751. The van der Waals surface area contributed by atoms with E-state index in [0.29, 0.717) is 18.7 Å². The normalized spacial score (nSPS) is 14.6. The fraction of sp³-hybridized carbons (Fsp3) is 0.417. The molecular weight excluding hydrogens is 410 g/mol. The van der Waals surface area contributed by atoms with Crippen LogP contribution in [-0.4, -0.2) is 61.8 Å². The van der Waals surface area contributed by atoms with Crippen molar-refractivity contribution in [3.63, 3.8) is 0 Å². The van der Waals surface area contributed by atoms with E-state index < -0.39 is 0 Å². The summed E-state index contributed by atoms with van der Waals surface area (Å²) >= 11 is 1.54. The molecule has 0 N–H and O–H groups in total. The predicted octanol–water partition coefficient (Wildman–Crippen LogP) is 4.37. The second-order valence-electron chi connectivity index (χ2n) is 7.67. The highest BCUT2D eigenvalue weighted by molar-refractivity contribution is 7.22. The van der Waals surface area contributed by atoms with Crippen molar-refractivity contribution in [1.82, 2.24) is 9.88 Å². The molecule has 7 heteroatoms. The Balaban J connectivity index is 1.60. The number of para-hydroxylation sites is 1. The van der Waals surface area contributed by atoms with E-state index in [0.717, 1.165) is 65.9 Å². The number of aryl methyl sites for hydroxylation is 1. The minimum absolute atomic E-state index is 0.0114. The summed E-state index contributed by atoms with van der Waals surface area (Å²) in [5, 5.41) is 0.718. The molecule has 1 aliphatic heterocycles. The lowest BCUT2D eigenvalue weighted by molar-refractivity contribution is 0.0376. The Morgan fingerprint density at radius 1 is 1.23 bits per heavy atom. The van der Waals surface area contributed by atoms with E-state index in [-0.39, 0.29) is 5.91 Å². The Morgan fingerprint density at radius 3 is 2.81 bits per heavy atom. The van der Waals surface area contributed by atoms with Gasteiger partial charge in [-0.2, -0.15) is 0 Å². The van der Waals surface area contributed by atoms with Crippen LogP contribution < -0.4 is 9.64 Å². The van der Waals surface area contributed by atoms with Crippen LogP contribution in [0.3, 0.4) is 0 Å². The zero-order chi connectivity index (χ0) is 21.6. The number of carbonyl (C=O) groups excluding carboxylic acids is 1. The highest BCUT2D eigenvalue weighted by atomic mass is 32.1. The highest BCUT2D eigenvalue weighted by Crippen LogP contribution is 2.35. The topological polar surface area (TPSA) is 54.9 Å². The van der Waals surface area contributed by atoms with E-state index >= 15 is 0 Å². The first kappa shape index (κ1) is 21.7. The van der Waals surface area contributed by atoms with Crippen molar-refractivity contribution in [2.45, 2.75) is 20.3 Å². The largest absolute Gasteiger partial charge is 0.492 e. The molecule has 4 rings (SSSR count). The first-order valence-corrected chi connectivity index (χ1v) is 11.7. The summed E-state index contributed by atoms with van der Waals surface area (Å²) in [6.07, 6.45) is 0.881. The number of morpholine rings is 1. The van der Waals surface area contributed by atoms with Crippen LogP contribution in [0, 0.1) is 6.92 Å². The van der Waals surface area contributed by atoms with Gasteiger partial charge in [-0.25, -0.2) is 4.98 Å². The van der Waals surface area contributed by atoms with Gasteiger partial charge in [0.15, 0.2) is 5.13 Å². The van der Waals surface area contributed by atoms with E-state index in [2.05, 4.69) is 4.90 Å². The fourth-order valence-electron chi connectivity index (χ4n) is 3.79. The number of benzene rings is 2. The molecule has 0 bridgehead atoms. The van der Waals surface area contributed by atoms with Crippen LogP contribution in [0.4, 0.5) is 5.13 Å². The van der Waals surface area contributed by atoms with Gasteiger partial charge in [-0.1, -0.05) is 35.1 Å². The van der Waals surface area contributed by atoms with Gasteiger partial charge in [-0.05, 0) is 44.5 Å². The van der Waals surface area contributed by atoms with Gasteiger partial charge in [-0.3, -0.25) is 14.6 Å². The Kier molecular flexibility index (Phi) is 7.17. The van der Waals surface area contributed by atoms with Crippen LogP contribution in [0.1, 0.15) is 29.3 Å². The second-order valence-corrected chi connectivity index (χ2v) is 8.68. The summed E-state index contributed by atoms with van der Waals surface area (Å²) in [6, 6.07) is 13.7. The summed E-state index contributed by atoms with van der Waals surface area (Å²) < 4.78 is 12.2. The second kappa shape index (κ2) is 10.2. The number of hydrogen-bond donors (Lipinski definition) is 0. The summed E-state index contributed by atoms with van der Waals surface area (Å²) in [4.78, 5) is 22.5. The lowest BCUT2D eigenvalue weighted by Crippen LogP contribution is -2.39. The number of rotatable bonds is 8. The molecular formula is C24H29N3O3S. The predicted molar refractivity (Wildman–Crippen MR) is 126 cm³/mol. The molecule has 0 spiro atoms. The molecule has 1 saturated heterocycles. The maximum absolute atomic E-state index is 13.5. The first-order valence-electron chi connectivity index (χ1n) is 10.9. The summed E-state index contributed by atoms with van der Waals surface area (Å²) in [5.41, 5.74) is 2.58. The lowest BCUT2D eigenvalue weighted by Gasteiger charge is -2.27. The van der Waals surface area contributed by atoms with Gasteiger partial charge < -0.3 is 9.47 Å². The number of nitrogens with zero attached hydrogens (tertiary/aromatic N) is 3. The standard InChI is InChI=1S/C24H29N3O3S/c1-3-30-20-9-5-10-21-22(20)25-24(31-21)27(12-6-11-26-13-15-29-16-14-26)23(28)19-8-4-7-18(2)17-19/h4-5,7-10,17H,3,6,11-16H2,1-2H3. The van der Waals surface area contributed by atoms with Crippen LogP contribution in [-0.2, 0) is 4.74 Å². The Hall–Kier alpha value is -2.48. The van der Waals surface area contributed by atoms with Crippen molar-refractivity contribution >= 4 is 32.6 Å². The van der Waals surface area contributed by atoms with Gasteiger partial charge in [0, 0.05) is 31.7 Å². The van der Waals surface area contributed by atoms with Gasteiger partial charge in [0.25, 0.3) is 5.91 Å². The number of hydrogen-bond acceptors (Lipinski definition) is 6. The van der Waals surface area contributed by atoms with E-state index in [1.165, 1.54) is 11.3 Å². The minimum atomic E-state index is -0.0114. The molecule has 2 heterocycles. The molecule has 1 aliphatic rings. The number of amides is 1. The Morgan fingerprint density at radius 2 is 2.03 bits per heavy atom. The average Bonchev–Trinajstić information content (AvgIpc) is 3.22. The van der Waals surface area contributed by atoms with Crippen LogP contribution in [0.15, 0.2) is 42.5 Å². The van der Waals surface area contributed by atoms with Crippen LogP contribution in [0.2, 0.25) is 0 Å². The number of thiazole rings is 1. The average molecular weight is 440 g/mol. The van der Waals surface area contributed by atoms with E-state index in [1.54, 1.807) is 0 Å². The third kappa shape index (κ3) is 5.23. The number of anilines is 1. The first-order chi connectivity index (χ1) is 15.2. The molecule has 6 nitrogen and oxygen atoms in total. The van der Waals surface area contributed by atoms with Crippen LogP contribution >= 0.6 is 11.3 Å². The van der Waals surface area contributed by atoms with Gasteiger partial charge in [0.05, 0.1) is 24.5 Å². The lowest BCUT2D eigenvalue weighted by atomic mass is 10.1. The molecule has 1 fully saturated rings. The fourth-order valence-corrected chi connectivity index (χ4v) is 4.80. The third-order valence-electron chi connectivity index (χ3n) is 5.37. The van der Waals surface area contributed by atoms with Crippen molar-refractivity contribution in [2.24, 2.45) is 0 Å². The number of carbonyl (C=O) groups is 1. The number of ether oxygens (including phenoxy) is 2. The van der Waals surface area contributed by atoms with E-state index in [9.17, 15) is 4.79 Å².